The highest BCUT2D eigenvalue weighted by atomic mass is 16.6. The van der Waals surface area contributed by atoms with E-state index in [0.717, 1.165) is 19.4 Å². The summed E-state index contributed by atoms with van der Waals surface area (Å²) in [5.74, 6) is 0.197. The van der Waals surface area contributed by atoms with Gasteiger partial charge in [-0.2, -0.15) is 0 Å². The molecule has 1 aliphatic rings. The Labute approximate surface area is 137 Å². The Morgan fingerprint density at radius 2 is 1.78 bits per heavy atom. The molecule has 3 N–H and O–H groups in total. The molecule has 0 aromatic rings. The topological polar surface area (TPSA) is 99.8 Å². The molecule has 132 valence electrons. The summed E-state index contributed by atoms with van der Waals surface area (Å²) in [7, 11) is 0. The minimum absolute atomic E-state index is 0.197. The quantitative estimate of drug-likeness (QED) is 0.603. The van der Waals surface area contributed by atoms with Gasteiger partial charge in [0.25, 0.3) is 0 Å². The molecule has 1 saturated heterocycles. The number of nitrogens with zero attached hydrogens (tertiary/aromatic N) is 1. The molecule has 0 saturated carbocycles. The van der Waals surface area contributed by atoms with Crippen molar-refractivity contribution in [3.05, 3.63) is 0 Å². The highest BCUT2D eigenvalue weighted by Gasteiger charge is 2.19. The van der Waals surface area contributed by atoms with Crippen molar-refractivity contribution in [2.24, 2.45) is 0 Å². The van der Waals surface area contributed by atoms with Gasteiger partial charge in [0, 0.05) is 39.1 Å². The molecule has 1 heterocycles. The predicted octanol–water partition coefficient (Wildman–Crippen LogP) is 0.823. The molecule has 0 spiro atoms. The lowest BCUT2D eigenvalue weighted by Crippen LogP contribution is -2.42. The van der Waals surface area contributed by atoms with E-state index >= 15 is 0 Å². The van der Waals surface area contributed by atoms with Crippen LogP contribution in [0.4, 0.5) is 9.59 Å². The third-order valence-electron chi connectivity index (χ3n) is 3.14. The Balaban J connectivity index is 1.98. The Morgan fingerprint density at radius 3 is 2.39 bits per heavy atom. The van der Waals surface area contributed by atoms with E-state index < -0.39 is 11.7 Å². The van der Waals surface area contributed by atoms with E-state index in [0.29, 0.717) is 32.6 Å². The highest BCUT2D eigenvalue weighted by Crippen LogP contribution is 2.09. The van der Waals surface area contributed by atoms with Crippen LogP contribution in [0.25, 0.3) is 0 Å². The smallest absolute Gasteiger partial charge is 0.407 e. The Hall–Kier alpha value is -1.99. The molecule has 0 bridgehead atoms. The number of amides is 4. The van der Waals surface area contributed by atoms with Crippen LogP contribution < -0.4 is 16.0 Å². The first-order chi connectivity index (χ1) is 10.8. The van der Waals surface area contributed by atoms with Gasteiger partial charge in [-0.3, -0.25) is 4.79 Å². The van der Waals surface area contributed by atoms with Crippen molar-refractivity contribution in [2.75, 3.05) is 32.7 Å². The van der Waals surface area contributed by atoms with Crippen LogP contribution >= 0.6 is 0 Å². The van der Waals surface area contributed by atoms with Gasteiger partial charge < -0.3 is 25.6 Å². The summed E-state index contributed by atoms with van der Waals surface area (Å²) in [6, 6.07) is -0.288. The van der Waals surface area contributed by atoms with Gasteiger partial charge in [0.2, 0.25) is 5.91 Å². The average Bonchev–Trinajstić information content (AvgIpc) is 2.83. The van der Waals surface area contributed by atoms with E-state index in [2.05, 4.69) is 16.0 Å². The van der Waals surface area contributed by atoms with Crippen molar-refractivity contribution in [3.8, 4) is 0 Å². The maximum absolute atomic E-state index is 11.5. The van der Waals surface area contributed by atoms with E-state index in [9.17, 15) is 14.4 Å². The van der Waals surface area contributed by atoms with Gasteiger partial charge >= 0.3 is 12.1 Å². The zero-order chi connectivity index (χ0) is 17.3. The van der Waals surface area contributed by atoms with Crippen molar-refractivity contribution < 1.29 is 19.1 Å². The lowest BCUT2D eigenvalue weighted by Gasteiger charge is -2.19. The third-order valence-corrected chi connectivity index (χ3v) is 3.14. The average molecular weight is 328 g/mol. The number of carbonyl (C=O) groups is 3. The van der Waals surface area contributed by atoms with E-state index in [-0.39, 0.29) is 11.9 Å². The van der Waals surface area contributed by atoms with E-state index in [1.807, 2.05) is 4.90 Å². The Kier molecular flexibility index (Phi) is 7.64. The zero-order valence-corrected chi connectivity index (χ0v) is 14.2. The molecule has 8 heteroatoms. The lowest BCUT2D eigenvalue weighted by atomic mass is 10.2. The van der Waals surface area contributed by atoms with Crippen LogP contribution in [0.1, 0.15) is 40.0 Å². The van der Waals surface area contributed by atoms with E-state index in [1.165, 1.54) is 0 Å². The minimum atomic E-state index is -0.536. The van der Waals surface area contributed by atoms with Crippen LogP contribution in [0.5, 0.6) is 0 Å². The number of hydrogen-bond donors (Lipinski definition) is 3. The molecule has 0 aromatic heterocycles. The summed E-state index contributed by atoms with van der Waals surface area (Å²) in [4.78, 5) is 36.1. The largest absolute Gasteiger partial charge is 0.444 e. The van der Waals surface area contributed by atoms with Crippen LogP contribution in [-0.2, 0) is 9.53 Å². The van der Waals surface area contributed by atoms with Crippen molar-refractivity contribution in [3.63, 3.8) is 0 Å². The maximum Gasteiger partial charge on any atom is 0.407 e. The summed E-state index contributed by atoms with van der Waals surface area (Å²) in [5.41, 5.74) is -0.536. The molecule has 0 aliphatic carbocycles. The predicted molar refractivity (Wildman–Crippen MR) is 86.1 cm³/mol. The molecule has 1 fully saturated rings. The fourth-order valence-electron chi connectivity index (χ4n) is 2.13. The normalized spacial score (nSPS) is 14.6. The second-order valence-corrected chi connectivity index (χ2v) is 6.45. The first-order valence-corrected chi connectivity index (χ1v) is 8.04. The van der Waals surface area contributed by atoms with Crippen molar-refractivity contribution >= 4 is 18.0 Å². The van der Waals surface area contributed by atoms with E-state index in [4.69, 9.17) is 4.74 Å². The number of likely N-dealkylation sites (tertiary alicyclic amines) is 1. The molecule has 23 heavy (non-hydrogen) atoms. The second kappa shape index (κ2) is 9.22. The van der Waals surface area contributed by atoms with Crippen LogP contribution in [0.15, 0.2) is 0 Å². The lowest BCUT2D eigenvalue weighted by molar-refractivity contribution is -0.127. The molecular formula is C15H28N4O4. The molecule has 1 rings (SSSR count). The summed E-state index contributed by atoms with van der Waals surface area (Å²) in [6.07, 6.45) is 1.79. The molecule has 8 nitrogen and oxygen atoms in total. The van der Waals surface area contributed by atoms with Crippen molar-refractivity contribution in [1.29, 1.82) is 0 Å². The number of urea groups is 1. The summed E-state index contributed by atoms with van der Waals surface area (Å²) in [5, 5.41) is 7.91. The maximum atomic E-state index is 11.5. The fraction of sp³-hybridized carbons (Fsp3) is 0.800. The van der Waals surface area contributed by atoms with Gasteiger partial charge in [-0.25, -0.2) is 9.59 Å². The number of nitrogens with one attached hydrogen (secondary N) is 3. The van der Waals surface area contributed by atoms with Gasteiger partial charge in [-0.15, -0.1) is 0 Å². The van der Waals surface area contributed by atoms with Gasteiger partial charge in [0.15, 0.2) is 0 Å². The molecule has 0 aromatic carbocycles. The highest BCUT2D eigenvalue weighted by molar-refractivity contribution is 5.78. The number of hydrogen-bond acceptors (Lipinski definition) is 4. The van der Waals surface area contributed by atoms with Gasteiger partial charge in [0.1, 0.15) is 5.60 Å². The standard InChI is InChI=1S/C15H28N4O4/c1-15(2,3)23-14(22)18-9-8-17-13(21)16-7-5-11-19-10-4-6-12(19)20/h4-11H2,1-3H3,(H,18,22)(H2,16,17,21). The Bertz CT molecular complexity index is 420. The first-order valence-electron chi connectivity index (χ1n) is 8.04. The monoisotopic (exact) mass is 328 g/mol. The van der Waals surface area contributed by atoms with E-state index in [1.54, 1.807) is 20.8 Å². The zero-order valence-electron chi connectivity index (χ0n) is 14.2. The third kappa shape index (κ3) is 8.90. The SMILES string of the molecule is CC(C)(C)OC(=O)NCCNC(=O)NCCCN1CCCC1=O. The molecule has 1 aliphatic heterocycles. The summed E-state index contributed by atoms with van der Waals surface area (Å²) in [6.45, 7) is 7.98. The van der Waals surface area contributed by atoms with Gasteiger partial charge in [-0.05, 0) is 33.6 Å². The number of alkyl carbamates (subject to hydrolysis) is 1. The van der Waals surface area contributed by atoms with Crippen molar-refractivity contribution in [1.82, 2.24) is 20.9 Å². The van der Waals surface area contributed by atoms with Crippen LogP contribution in [0.3, 0.4) is 0 Å². The second-order valence-electron chi connectivity index (χ2n) is 6.45. The molecule has 0 radical (unpaired) electrons. The Morgan fingerprint density at radius 1 is 1.13 bits per heavy atom. The summed E-state index contributed by atoms with van der Waals surface area (Å²) >= 11 is 0. The van der Waals surface area contributed by atoms with Gasteiger partial charge in [-0.1, -0.05) is 0 Å². The molecule has 0 unspecified atom stereocenters. The molecule has 0 atom stereocenters. The first kappa shape index (κ1) is 19.1. The van der Waals surface area contributed by atoms with Gasteiger partial charge in [0.05, 0.1) is 0 Å². The van der Waals surface area contributed by atoms with Crippen molar-refractivity contribution in [2.45, 2.75) is 45.6 Å². The number of rotatable bonds is 7. The molecule has 4 amide bonds. The number of ether oxygens (including phenoxy) is 1. The minimum Gasteiger partial charge on any atom is -0.444 e. The molecular weight excluding hydrogens is 300 g/mol. The van der Waals surface area contributed by atoms with Crippen LogP contribution in [-0.4, -0.2) is 61.3 Å². The summed E-state index contributed by atoms with van der Waals surface area (Å²) < 4.78 is 5.07. The van der Waals surface area contributed by atoms with Crippen LogP contribution in [0, 0.1) is 0 Å². The fourth-order valence-corrected chi connectivity index (χ4v) is 2.13. The van der Waals surface area contributed by atoms with Crippen LogP contribution in [0.2, 0.25) is 0 Å². The number of carbonyl (C=O) groups excluding carboxylic acids is 3.